The van der Waals surface area contributed by atoms with Gasteiger partial charge >= 0.3 is 5.97 Å². The highest BCUT2D eigenvalue weighted by molar-refractivity contribution is 7.98. The normalized spacial score (nSPS) is 22.2. The van der Waals surface area contributed by atoms with Crippen LogP contribution in [0.15, 0.2) is 21.6 Å². The van der Waals surface area contributed by atoms with E-state index in [4.69, 9.17) is 14.3 Å². The molecule has 1 aliphatic rings. The van der Waals surface area contributed by atoms with Crippen molar-refractivity contribution in [2.45, 2.75) is 30.1 Å². The molecule has 1 amide bonds. The van der Waals surface area contributed by atoms with E-state index in [9.17, 15) is 9.59 Å². The van der Waals surface area contributed by atoms with Crippen molar-refractivity contribution in [3.05, 3.63) is 17.9 Å². The highest BCUT2D eigenvalue weighted by Gasteiger charge is 2.37. The van der Waals surface area contributed by atoms with Gasteiger partial charge < -0.3 is 19.2 Å². The van der Waals surface area contributed by atoms with E-state index in [1.807, 2.05) is 6.26 Å². The molecule has 1 saturated heterocycles. The lowest BCUT2D eigenvalue weighted by Crippen LogP contribution is -2.37. The zero-order valence-corrected chi connectivity index (χ0v) is 12.2. The third kappa shape index (κ3) is 3.16. The number of nitrogens with zero attached hydrogens (tertiary/aromatic N) is 1. The first-order chi connectivity index (χ1) is 9.55. The second-order valence-electron chi connectivity index (χ2n) is 4.63. The van der Waals surface area contributed by atoms with Crippen LogP contribution < -0.4 is 0 Å². The van der Waals surface area contributed by atoms with Gasteiger partial charge in [-0.1, -0.05) is 11.8 Å². The Labute approximate surface area is 121 Å². The number of hydrogen-bond donors (Lipinski definition) is 1. The molecule has 20 heavy (non-hydrogen) atoms. The van der Waals surface area contributed by atoms with Crippen molar-refractivity contribution in [1.29, 1.82) is 0 Å². The third-order valence-corrected chi connectivity index (χ3v) is 4.00. The highest BCUT2D eigenvalue weighted by atomic mass is 32.2. The second kappa shape index (κ2) is 6.32. The van der Waals surface area contributed by atoms with E-state index in [1.165, 1.54) is 16.7 Å². The molecule has 1 N–H and O–H groups in total. The highest BCUT2D eigenvalue weighted by Crippen LogP contribution is 2.26. The summed E-state index contributed by atoms with van der Waals surface area (Å²) >= 11 is 1.41. The van der Waals surface area contributed by atoms with Gasteiger partial charge in [0.05, 0.1) is 12.5 Å². The van der Waals surface area contributed by atoms with E-state index >= 15 is 0 Å². The van der Waals surface area contributed by atoms with Gasteiger partial charge in [0.2, 0.25) is 0 Å². The van der Waals surface area contributed by atoms with Crippen LogP contribution in [0.4, 0.5) is 0 Å². The lowest BCUT2D eigenvalue weighted by atomic mass is 10.1. The van der Waals surface area contributed by atoms with Crippen LogP contribution in [-0.4, -0.2) is 53.9 Å². The van der Waals surface area contributed by atoms with Crippen LogP contribution in [0.2, 0.25) is 0 Å². The predicted octanol–water partition coefficient (Wildman–Crippen LogP) is 1.71. The Kier molecular flexibility index (Phi) is 4.72. The average molecular weight is 299 g/mol. The Morgan fingerprint density at radius 3 is 2.85 bits per heavy atom. The first-order valence-corrected chi connectivity index (χ1v) is 7.47. The van der Waals surface area contributed by atoms with Gasteiger partial charge in [0.1, 0.15) is 0 Å². The van der Waals surface area contributed by atoms with Crippen LogP contribution >= 0.6 is 11.8 Å². The number of hydrogen-bond acceptors (Lipinski definition) is 5. The lowest BCUT2D eigenvalue weighted by molar-refractivity contribution is -0.138. The van der Waals surface area contributed by atoms with Gasteiger partial charge in [-0.2, -0.15) is 0 Å². The first-order valence-electron chi connectivity index (χ1n) is 6.24. The lowest BCUT2D eigenvalue weighted by Gasteiger charge is -2.21. The summed E-state index contributed by atoms with van der Waals surface area (Å²) in [5.74, 6) is -0.966. The van der Waals surface area contributed by atoms with E-state index in [0.29, 0.717) is 18.1 Å². The molecule has 2 atom stereocenters. The second-order valence-corrected chi connectivity index (χ2v) is 5.44. The molecule has 0 spiro atoms. The fraction of sp³-hybridized carbons (Fsp3) is 0.538. The molecule has 0 radical (unpaired) electrons. The van der Waals surface area contributed by atoms with Crippen molar-refractivity contribution in [2.75, 3.05) is 19.9 Å². The molecule has 0 aliphatic carbocycles. The van der Waals surface area contributed by atoms with Crippen molar-refractivity contribution >= 4 is 23.6 Å². The van der Waals surface area contributed by atoms with Crippen molar-refractivity contribution in [2.24, 2.45) is 0 Å². The third-order valence-electron chi connectivity index (χ3n) is 3.37. The molecule has 1 aromatic rings. The maximum atomic E-state index is 12.4. The number of furan rings is 1. The molecule has 2 heterocycles. The number of carboxylic acids is 1. The summed E-state index contributed by atoms with van der Waals surface area (Å²) in [7, 11) is 1.56. The van der Waals surface area contributed by atoms with Crippen LogP contribution in [0, 0.1) is 0 Å². The van der Waals surface area contributed by atoms with Crippen molar-refractivity contribution in [1.82, 2.24) is 4.90 Å². The van der Waals surface area contributed by atoms with Crippen LogP contribution in [0.5, 0.6) is 0 Å². The number of thioether (sulfide) groups is 1. The standard InChI is InChI=1S/C13H17NO5S/c1-18-9-5-8(6-11(15)16)14(7-9)13(17)10-3-4-12(19-10)20-2/h3-4,8-9H,5-7H2,1-2H3,(H,15,16). The molecular weight excluding hydrogens is 282 g/mol. The Morgan fingerprint density at radius 1 is 1.55 bits per heavy atom. The van der Waals surface area contributed by atoms with Gasteiger partial charge in [-0.25, -0.2) is 0 Å². The first kappa shape index (κ1) is 14.9. The minimum atomic E-state index is -0.922. The molecule has 1 aliphatic heterocycles. The molecule has 0 saturated carbocycles. The Balaban J connectivity index is 2.14. The molecule has 110 valence electrons. The Hall–Kier alpha value is -1.47. The number of amides is 1. The van der Waals surface area contributed by atoms with Crippen molar-refractivity contribution in [3.63, 3.8) is 0 Å². The summed E-state index contributed by atoms with van der Waals surface area (Å²) in [5, 5.41) is 9.60. The Morgan fingerprint density at radius 2 is 2.30 bits per heavy atom. The Bertz CT molecular complexity index is 501. The molecular formula is C13H17NO5S. The quantitative estimate of drug-likeness (QED) is 0.834. The largest absolute Gasteiger partial charge is 0.481 e. The van der Waals surface area contributed by atoms with Crippen LogP contribution in [0.3, 0.4) is 0 Å². The number of carboxylic acid groups (broad SMARTS) is 1. The van der Waals surface area contributed by atoms with Gasteiger partial charge in [-0.05, 0) is 24.8 Å². The van der Waals surface area contributed by atoms with Crippen LogP contribution in [0.25, 0.3) is 0 Å². The molecule has 7 heteroatoms. The minimum Gasteiger partial charge on any atom is -0.481 e. The van der Waals surface area contributed by atoms with Gasteiger partial charge in [-0.3, -0.25) is 9.59 Å². The SMILES string of the molecule is COC1CC(CC(=O)O)N(C(=O)c2ccc(SC)o2)C1. The van der Waals surface area contributed by atoms with E-state index in [2.05, 4.69) is 0 Å². The number of ether oxygens (including phenoxy) is 1. The van der Waals surface area contributed by atoms with Gasteiger partial charge in [0.25, 0.3) is 5.91 Å². The zero-order chi connectivity index (χ0) is 14.7. The van der Waals surface area contributed by atoms with Gasteiger partial charge in [0, 0.05) is 19.7 Å². The smallest absolute Gasteiger partial charge is 0.305 e. The van der Waals surface area contributed by atoms with Gasteiger partial charge in [-0.15, -0.1) is 0 Å². The number of carbonyl (C=O) groups excluding carboxylic acids is 1. The molecule has 1 fully saturated rings. The molecule has 2 unspecified atom stereocenters. The minimum absolute atomic E-state index is 0.0817. The fourth-order valence-corrected chi connectivity index (χ4v) is 2.75. The van der Waals surface area contributed by atoms with E-state index < -0.39 is 5.97 Å². The van der Waals surface area contributed by atoms with Crippen molar-refractivity contribution in [3.8, 4) is 0 Å². The molecule has 0 bridgehead atoms. The maximum absolute atomic E-state index is 12.4. The number of rotatable bonds is 5. The van der Waals surface area contributed by atoms with Crippen LogP contribution in [-0.2, 0) is 9.53 Å². The summed E-state index contributed by atoms with van der Waals surface area (Å²) in [6.07, 6.45) is 2.18. The summed E-state index contributed by atoms with van der Waals surface area (Å²) in [4.78, 5) is 24.8. The maximum Gasteiger partial charge on any atom is 0.305 e. The topological polar surface area (TPSA) is 80.0 Å². The number of aliphatic carboxylic acids is 1. The van der Waals surface area contributed by atoms with Crippen LogP contribution in [0.1, 0.15) is 23.4 Å². The van der Waals surface area contributed by atoms with Gasteiger partial charge in [0.15, 0.2) is 10.9 Å². The van der Waals surface area contributed by atoms with Crippen molar-refractivity contribution < 1.29 is 23.8 Å². The monoisotopic (exact) mass is 299 g/mol. The summed E-state index contributed by atoms with van der Waals surface area (Å²) in [6.45, 7) is 0.391. The molecule has 0 aromatic carbocycles. The fourth-order valence-electron chi connectivity index (χ4n) is 2.37. The van der Waals surface area contributed by atoms with E-state index in [0.717, 1.165) is 0 Å². The number of likely N-dealkylation sites (tertiary alicyclic amines) is 1. The predicted molar refractivity (Wildman–Crippen MR) is 73.0 cm³/mol. The zero-order valence-electron chi connectivity index (χ0n) is 11.4. The summed E-state index contributed by atoms with van der Waals surface area (Å²) in [6, 6.07) is 2.99. The molecule has 1 aromatic heterocycles. The molecule has 6 nitrogen and oxygen atoms in total. The molecule has 2 rings (SSSR count). The summed E-state index contributed by atoms with van der Waals surface area (Å²) < 4.78 is 10.7. The average Bonchev–Trinajstić information content (AvgIpc) is 3.03. The number of methoxy groups -OCH3 is 1. The number of carbonyl (C=O) groups is 2. The summed E-state index contributed by atoms with van der Waals surface area (Å²) in [5.41, 5.74) is 0. The van der Waals surface area contributed by atoms with E-state index in [-0.39, 0.29) is 30.2 Å². The van der Waals surface area contributed by atoms with E-state index in [1.54, 1.807) is 19.2 Å².